The van der Waals surface area contributed by atoms with Crippen LogP contribution in [-0.4, -0.2) is 52.0 Å². The molecule has 0 fully saturated rings. The Balaban J connectivity index is 1.65. The minimum atomic E-state index is -0.278. The quantitative estimate of drug-likeness (QED) is 0.298. The molecule has 1 aromatic heterocycles. The number of carbonyl (C=O) groups excluding carboxylic acids is 1. The van der Waals surface area contributed by atoms with Gasteiger partial charge >= 0.3 is 0 Å². The Kier molecular flexibility index (Phi) is 7.50. The lowest BCUT2D eigenvalue weighted by Gasteiger charge is -2.10. The van der Waals surface area contributed by atoms with E-state index in [0.717, 1.165) is 5.56 Å². The van der Waals surface area contributed by atoms with Crippen LogP contribution in [0.3, 0.4) is 0 Å². The van der Waals surface area contributed by atoms with E-state index in [4.69, 9.17) is 9.47 Å². The summed E-state index contributed by atoms with van der Waals surface area (Å²) in [6.45, 7) is 2.62. The fourth-order valence-electron chi connectivity index (χ4n) is 2.82. The number of hydrogen-bond acceptors (Lipinski definition) is 8. The number of carbonyl (C=O) groups is 1. The highest BCUT2D eigenvalue weighted by atomic mass is 32.2. The Labute approximate surface area is 184 Å². The van der Waals surface area contributed by atoms with Crippen LogP contribution in [0, 0.1) is 0 Å². The predicted molar refractivity (Wildman–Crippen MR) is 119 cm³/mol. The summed E-state index contributed by atoms with van der Waals surface area (Å²) < 4.78 is 12.6. The van der Waals surface area contributed by atoms with Gasteiger partial charge in [-0.05, 0) is 42.8 Å². The molecule has 2 N–H and O–H groups in total. The molecule has 0 aliphatic rings. The van der Waals surface area contributed by atoms with Gasteiger partial charge in [0, 0.05) is 12.1 Å². The Morgan fingerprint density at radius 3 is 2.71 bits per heavy atom. The maximum absolute atomic E-state index is 12.1. The second-order valence-electron chi connectivity index (χ2n) is 6.30. The molecule has 162 valence electrons. The molecule has 3 aromatic rings. The van der Waals surface area contributed by atoms with Crippen molar-refractivity contribution in [3.63, 3.8) is 0 Å². The Bertz CT molecular complexity index is 1080. The van der Waals surface area contributed by atoms with Crippen LogP contribution < -0.4 is 14.9 Å². The first-order chi connectivity index (χ1) is 15.0. The average Bonchev–Trinajstić information content (AvgIpc) is 3.20. The molecule has 0 aliphatic carbocycles. The lowest BCUT2D eigenvalue weighted by Crippen LogP contribution is -2.20. The zero-order valence-corrected chi connectivity index (χ0v) is 18.2. The maximum atomic E-state index is 12.1. The van der Waals surface area contributed by atoms with Gasteiger partial charge in [0.1, 0.15) is 5.75 Å². The summed E-state index contributed by atoms with van der Waals surface area (Å²) in [6.07, 6.45) is 1.46. The van der Waals surface area contributed by atoms with Crippen molar-refractivity contribution in [1.82, 2.24) is 20.2 Å². The highest BCUT2D eigenvalue weighted by molar-refractivity contribution is 7.99. The summed E-state index contributed by atoms with van der Waals surface area (Å²) in [5.41, 5.74) is 3.98. The van der Waals surface area contributed by atoms with Crippen LogP contribution in [0.1, 0.15) is 12.5 Å². The van der Waals surface area contributed by atoms with Gasteiger partial charge in [0.05, 0.1) is 26.2 Å². The fourth-order valence-corrected chi connectivity index (χ4v) is 3.61. The van der Waals surface area contributed by atoms with Gasteiger partial charge in [-0.25, -0.2) is 5.43 Å². The first kappa shape index (κ1) is 22.2. The molecule has 2 aromatic carbocycles. The number of methoxy groups -OCH3 is 2. The molecule has 0 spiro atoms. The first-order valence-corrected chi connectivity index (χ1v) is 10.4. The molecule has 0 bridgehead atoms. The summed E-state index contributed by atoms with van der Waals surface area (Å²) in [6, 6.07) is 12.1. The smallest absolute Gasteiger partial charge is 0.250 e. The number of phenolic OH excluding ortho intramolecular Hbond substituents is 1. The minimum Gasteiger partial charge on any atom is -0.508 e. The van der Waals surface area contributed by atoms with Gasteiger partial charge in [-0.15, -0.1) is 10.2 Å². The Morgan fingerprint density at radius 1 is 1.19 bits per heavy atom. The van der Waals surface area contributed by atoms with Crippen molar-refractivity contribution in [1.29, 1.82) is 0 Å². The standard InChI is InChI=1S/C21H23N5O4S/c1-4-26-20(15-8-9-17(29-2)18(11-15)30-3)24-25-21(26)31-13-19(28)23-22-12-14-6-5-7-16(27)10-14/h5-12,27H,4,13H2,1-3H3,(H,23,28). The molecule has 1 heterocycles. The summed E-state index contributed by atoms with van der Waals surface area (Å²) in [5.74, 6) is 1.89. The number of benzene rings is 2. The molecule has 0 radical (unpaired) electrons. The van der Waals surface area contributed by atoms with Gasteiger partial charge in [-0.2, -0.15) is 5.10 Å². The van der Waals surface area contributed by atoms with Crippen LogP contribution >= 0.6 is 11.8 Å². The lowest BCUT2D eigenvalue weighted by atomic mass is 10.2. The molecule has 10 heteroatoms. The van der Waals surface area contributed by atoms with E-state index in [1.165, 1.54) is 18.0 Å². The van der Waals surface area contributed by atoms with E-state index in [2.05, 4.69) is 20.7 Å². The van der Waals surface area contributed by atoms with Crippen molar-refractivity contribution in [3.8, 4) is 28.6 Å². The van der Waals surface area contributed by atoms with E-state index in [1.54, 1.807) is 38.5 Å². The molecule has 0 atom stereocenters. The van der Waals surface area contributed by atoms with Crippen molar-refractivity contribution in [2.24, 2.45) is 5.10 Å². The number of phenols is 1. The van der Waals surface area contributed by atoms with Gasteiger partial charge in [0.25, 0.3) is 5.91 Å². The molecule has 0 aliphatic heterocycles. The van der Waals surface area contributed by atoms with Crippen molar-refractivity contribution in [2.45, 2.75) is 18.6 Å². The number of nitrogens with one attached hydrogen (secondary N) is 1. The van der Waals surface area contributed by atoms with Crippen LogP contribution in [-0.2, 0) is 11.3 Å². The van der Waals surface area contributed by atoms with Crippen molar-refractivity contribution in [2.75, 3.05) is 20.0 Å². The van der Waals surface area contributed by atoms with E-state index in [1.807, 2.05) is 29.7 Å². The molecule has 0 saturated heterocycles. The lowest BCUT2D eigenvalue weighted by molar-refractivity contribution is -0.118. The molecular weight excluding hydrogens is 418 g/mol. The number of amides is 1. The minimum absolute atomic E-state index is 0.126. The van der Waals surface area contributed by atoms with E-state index < -0.39 is 0 Å². The van der Waals surface area contributed by atoms with Crippen LogP contribution in [0.5, 0.6) is 17.2 Å². The zero-order valence-electron chi connectivity index (χ0n) is 17.4. The van der Waals surface area contributed by atoms with E-state index in [9.17, 15) is 9.90 Å². The Hall–Kier alpha value is -3.53. The molecule has 0 unspecified atom stereocenters. The molecule has 9 nitrogen and oxygen atoms in total. The van der Waals surface area contributed by atoms with Gasteiger partial charge in [-0.1, -0.05) is 23.9 Å². The maximum Gasteiger partial charge on any atom is 0.250 e. The van der Waals surface area contributed by atoms with E-state index in [-0.39, 0.29) is 17.4 Å². The number of nitrogens with zero attached hydrogens (tertiary/aromatic N) is 4. The topological polar surface area (TPSA) is 111 Å². The Morgan fingerprint density at radius 2 is 2.00 bits per heavy atom. The van der Waals surface area contributed by atoms with Crippen LogP contribution in [0.15, 0.2) is 52.7 Å². The summed E-state index contributed by atoms with van der Waals surface area (Å²) in [4.78, 5) is 12.1. The number of rotatable bonds is 9. The third-order valence-corrected chi connectivity index (χ3v) is 5.25. The summed E-state index contributed by atoms with van der Waals surface area (Å²) in [7, 11) is 3.16. The monoisotopic (exact) mass is 441 g/mol. The third-order valence-electron chi connectivity index (χ3n) is 4.28. The number of hydrogen-bond donors (Lipinski definition) is 2. The number of thioether (sulfide) groups is 1. The van der Waals surface area contributed by atoms with Crippen molar-refractivity contribution in [3.05, 3.63) is 48.0 Å². The van der Waals surface area contributed by atoms with Crippen molar-refractivity contribution < 1.29 is 19.4 Å². The zero-order chi connectivity index (χ0) is 22.2. The summed E-state index contributed by atoms with van der Waals surface area (Å²) >= 11 is 1.27. The molecule has 3 rings (SSSR count). The normalized spacial score (nSPS) is 10.9. The highest BCUT2D eigenvalue weighted by Crippen LogP contribution is 2.32. The number of ether oxygens (including phenoxy) is 2. The second kappa shape index (κ2) is 10.5. The number of aromatic hydroxyl groups is 1. The highest BCUT2D eigenvalue weighted by Gasteiger charge is 2.16. The molecule has 31 heavy (non-hydrogen) atoms. The molecular formula is C21H23N5O4S. The van der Waals surface area contributed by atoms with Crippen LogP contribution in [0.2, 0.25) is 0 Å². The fraction of sp³-hybridized carbons (Fsp3) is 0.238. The van der Waals surface area contributed by atoms with E-state index in [0.29, 0.717) is 34.6 Å². The largest absolute Gasteiger partial charge is 0.508 e. The molecule has 0 saturated carbocycles. The SMILES string of the molecule is CCn1c(SCC(=O)NN=Cc2cccc(O)c2)nnc1-c1ccc(OC)c(OC)c1. The van der Waals surface area contributed by atoms with Gasteiger partial charge in [0.15, 0.2) is 22.5 Å². The van der Waals surface area contributed by atoms with Crippen LogP contribution in [0.4, 0.5) is 0 Å². The second-order valence-corrected chi connectivity index (χ2v) is 7.24. The van der Waals surface area contributed by atoms with Gasteiger partial charge < -0.3 is 19.1 Å². The van der Waals surface area contributed by atoms with Crippen LogP contribution in [0.25, 0.3) is 11.4 Å². The van der Waals surface area contributed by atoms with Gasteiger partial charge in [0.2, 0.25) is 0 Å². The average molecular weight is 442 g/mol. The summed E-state index contributed by atoms with van der Waals surface area (Å²) in [5, 5.41) is 22.5. The van der Waals surface area contributed by atoms with Gasteiger partial charge in [-0.3, -0.25) is 4.79 Å². The van der Waals surface area contributed by atoms with E-state index >= 15 is 0 Å². The van der Waals surface area contributed by atoms with Crippen molar-refractivity contribution >= 4 is 23.9 Å². The number of aromatic nitrogens is 3. The number of hydrazone groups is 1. The predicted octanol–water partition coefficient (Wildman–Crippen LogP) is 2.93. The first-order valence-electron chi connectivity index (χ1n) is 9.45. The third kappa shape index (κ3) is 5.54. The molecule has 1 amide bonds.